The number of carboxylic acid groups (broad SMARTS) is 1. The van der Waals surface area contributed by atoms with Crippen LogP contribution in [0.25, 0.3) is 0 Å². The topological polar surface area (TPSA) is 66.8 Å². The Morgan fingerprint density at radius 3 is 2.53 bits per heavy atom. The van der Waals surface area contributed by atoms with Gasteiger partial charge < -0.3 is 14.9 Å². The first-order chi connectivity index (χ1) is 7.97. The van der Waals surface area contributed by atoms with Gasteiger partial charge in [0.25, 0.3) is 0 Å². The van der Waals surface area contributed by atoms with E-state index in [2.05, 4.69) is 0 Å². The van der Waals surface area contributed by atoms with Crippen molar-refractivity contribution in [2.45, 2.75) is 33.1 Å². The molecular weight excluding hydrogens is 220 g/mol. The van der Waals surface area contributed by atoms with Crippen LogP contribution in [0.15, 0.2) is 6.07 Å². The molecule has 1 rings (SSSR count). The summed E-state index contributed by atoms with van der Waals surface area (Å²) in [5.74, 6) is -0.192. The van der Waals surface area contributed by atoms with Gasteiger partial charge in [0.2, 0.25) is 0 Å². The molecule has 17 heavy (non-hydrogen) atoms. The van der Waals surface area contributed by atoms with Crippen LogP contribution in [0.3, 0.4) is 0 Å². The number of hydrogen-bond acceptors (Lipinski definition) is 3. The van der Waals surface area contributed by atoms with Crippen molar-refractivity contribution >= 4 is 5.97 Å². The summed E-state index contributed by atoms with van der Waals surface area (Å²) < 4.78 is 5.11. The number of methoxy groups -OCH3 is 1. The summed E-state index contributed by atoms with van der Waals surface area (Å²) in [6, 6.07) is 1.66. The summed E-state index contributed by atoms with van der Waals surface area (Å²) >= 11 is 0. The standard InChI is InChI=1S/C13H18O4/c1-8-9(2)13(17-3)11(14)7-10(8)5-4-6-12(15)16/h7,14H,4-6H2,1-3H3,(H,15,16). The molecule has 0 aliphatic carbocycles. The quantitative estimate of drug-likeness (QED) is 0.826. The number of carboxylic acids is 1. The van der Waals surface area contributed by atoms with Gasteiger partial charge in [0, 0.05) is 6.42 Å². The average molecular weight is 238 g/mol. The van der Waals surface area contributed by atoms with Crippen LogP contribution in [0, 0.1) is 13.8 Å². The second kappa shape index (κ2) is 5.57. The molecule has 4 nitrogen and oxygen atoms in total. The third-order valence-electron chi connectivity index (χ3n) is 2.97. The first kappa shape index (κ1) is 13.4. The van der Waals surface area contributed by atoms with Crippen molar-refractivity contribution in [1.29, 1.82) is 0 Å². The summed E-state index contributed by atoms with van der Waals surface area (Å²) in [5.41, 5.74) is 2.92. The molecule has 0 aromatic heterocycles. The van der Waals surface area contributed by atoms with Gasteiger partial charge in [-0.25, -0.2) is 0 Å². The number of ether oxygens (including phenoxy) is 1. The first-order valence-electron chi connectivity index (χ1n) is 5.55. The lowest BCUT2D eigenvalue weighted by Crippen LogP contribution is -2.00. The third kappa shape index (κ3) is 3.12. The zero-order chi connectivity index (χ0) is 13.0. The van der Waals surface area contributed by atoms with E-state index in [0.717, 1.165) is 16.7 Å². The molecule has 0 spiro atoms. The van der Waals surface area contributed by atoms with E-state index in [4.69, 9.17) is 9.84 Å². The zero-order valence-corrected chi connectivity index (χ0v) is 10.4. The molecule has 0 bridgehead atoms. The van der Waals surface area contributed by atoms with E-state index >= 15 is 0 Å². The third-order valence-corrected chi connectivity index (χ3v) is 2.97. The highest BCUT2D eigenvalue weighted by atomic mass is 16.5. The van der Waals surface area contributed by atoms with Crippen LogP contribution in [-0.4, -0.2) is 23.3 Å². The summed E-state index contributed by atoms with van der Waals surface area (Å²) in [6.45, 7) is 3.84. The molecule has 2 N–H and O–H groups in total. The fourth-order valence-electron chi connectivity index (χ4n) is 1.89. The SMILES string of the molecule is COc1c(O)cc(CCCC(=O)O)c(C)c1C. The molecule has 0 saturated heterocycles. The van der Waals surface area contributed by atoms with Gasteiger partial charge in [0.1, 0.15) is 0 Å². The zero-order valence-electron chi connectivity index (χ0n) is 10.4. The molecule has 4 heteroatoms. The smallest absolute Gasteiger partial charge is 0.303 e. The van der Waals surface area contributed by atoms with Crippen LogP contribution in [0.4, 0.5) is 0 Å². The minimum atomic E-state index is -0.794. The summed E-state index contributed by atoms with van der Waals surface area (Å²) in [7, 11) is 1.52. The van der Waals surface area contributed by atoms with E-state index in [1.807, 2.05) is 13.8 Å². The van der Waals surface area contributed by atoms with Crippen molar-refractivity contribution < 1.29 is 19.7 Å². The number of rotatable bonds is 5. The number of phenolic OH excluding ortho intramolecular Hbond substituents is 1. The summed E-state index contributed by atoms with van der Waals surface area (Å²) in [5, 5.41) is 18.3. The van der Waals surface area contributed by atoms with Gasteiger partial charge in [-0.2, -0.15) is 0 Å². The fraction of sp³-hybridized carbons (Fsp3) is 0.462. The van der Waals surface area contributed by atoms with E-state index in [0.29, 0.717) is 18.6 Å². The Bertz CT molecular complexity index is 424. The molecule has 1 aromatic carbocycles. The van der Waals surface area contributed by atoms with Crippen LogP contribution in [0.5, 0.6) is 11.5 Å². The predicted octanol–water partition coefficient (Wildman–Crippen LogP) is 2.42. The van der Waals surface area contributed by atoms with Gasteiger partial charge in [-0.3, -0.25) is 4.79 Å². The van der Waals surface area contributed by atoms with Crippen LogP contribution >= 0.6 is 0 Å². The fourth-order valence-corrected chi connectivity index (χ4v) is 1.89. The van der Waals surface area contributed by atoms with Gasteiger partial charge in [-0.05, 0) is 49.4 Å². The van der Waals surface area contributed by atoms with Crippen molar-refractivity contribution in [1.82, 2.24) is 0 Å². The largest absolute Gasteiger partial charge is 0.504 e. The highest BCUT2D eigenvalue weighted by molar-refractivity contribution is 5.66. The lowest BCUT2D eigenvalue weighted by molar-refractivity contribution is -0.137. The van der Waals surface area contributed by atoms with E-state index < -0.39 is 5.97 Å². The Morgan fingerprint density at radius 2 is 2.00 bits per heavy atom. The normalized spacial score (nSPS) is 10.3. The van der Waals surface area contributed by atoms with Crippen LogP contribution in [0.2, 0.25) is 0 Å². The summed E-state index contributed by atoms with van der Waals surface area (Å²) in [6.07, 6.45) is 1.36. The van der Waals surface area contributed by atoms with Crippen molar-refractivity contribution in [2.24, 2.45) is 0 Å². The molecular formula is C13H18O4. The molecule has 0 aliphatic heterocycles. The first-order valence-corrected chi connectivity index (χ1v) is 5.55. The van der Waals surface area contributed by atoms with Gasteiger partial charge in [0.15, 0.2) is 11.5 Å². The van der Waals surface area contributed by atoms with Crippen molar-refractivity contribution in [3.05, 3.63) is 22.8 Å². The second-order valence-electron chi connectivity index (χ2n) is 4.09. The van der Waals surface area contributed by atoms with E-state index in [1.165, 1.54) is 7.11 Å². The van der Waals surface area contributed by atoms with Crippen LogP contribution in [0.1, 0.15) is 29.5 Å². The maximum Gasteiger partial charge on any atom is 0.303 e. The second-order valence-corrected chi connectivity index (χ2v) is 4.09. The Kier molecular flexibility index (Phi) is 4.37. The van der Waals surface area contributed by atoms with Crippen LogP contribution in [-0.2, 0) is 11.2 Å². The number of carbonyl (C=O) groups is 1. The molecule has 0 heterocycles. The van der Waals surface area contributed by atoms with Gasteiger partial charge in [-0.15, -0.1) is 0 Å². The predicted molar refractivity (Wildman–Crippen MR) is 64.7 cm³/mol. The Balaban J connectivity index is 2.90. The van der Waals surface area contributed by atoms with E-state index in [-0.39, 0.29) is 12.2 Å². The molecule has 0 saturated carbocycles. The number of hydrogen-bond donors (Lipinski definition) is 2. The lowest BCUT2D eigenvalue weighted by Gasteiger charge is -2.14. The molecule has 0 radical (unpaired) electrons. The molecule has 0 atom stereocenters. The van der Waals surface area contributed by atoms with Crippen molar-refractivity contribution in [3.63, 3.8) is 0 Å². The number of phenols is 1. The monoisotopic (exact) mass is 238 g/mol. The maximum atomic E-state index is 10.4. The molecule has 0 unspecified atom stereocenters. The van der Waals surface area contributed by atoms with Gasteiger partial charge in [-0.1, -0.05) is 0 Å². The van der Waals surface area contributed by atoms with E-state index in [1.54, 1.807) is 6.07 Å². The maximum absolute atomic E-state index is 10.4. The molecule has 1 aromatic rings. The van der Waals surface area contributed by atoms with Crippen molar-refractivity contribution in [2.75, 3.05) is 7.11 Å². The van der Waals surface area contributed by atoms with Gasteiger partial charge >= 0.3 is 5.97 Å². The minimum absolute atomic E-state index is 0.112. The lowest BCUT2D eigenvalue weighted by atomic mass is 9.97. The molecule has 0 fully saturated rings. The Labute approximate surface area is 101 Å². The van der Waals surface area contributed by atoms with Crippen LogP contribution < -0.4 is 4.74 Å². The van der Waals surface area contributed by atoms with Gasteiger partial charge in [0.05, 0.1) is 7.11 Å². The molecule has 0 aliphatic rings. The highest BCUT2D eigenvalue weighted by Crippen LogP contribution is 2.34. The van der Waals surface area contributed by atoms with E-state index in [9.17, 15) is 9.90 Å². The number of aryl methyl sites for hydroxylation is 1. The average Bonchev–Trinajstić information content (AvgIpc) is 2.25. The number of benzene rings is 1. The Hall–Kier alpha value is -1.71. The highest BCUT2D eigenvalue weighted by Gasteiger charge is 2.12. The molecule has 0 amide bonds. The minimum Gasteiger partial charge on any atom is -0.504 e. The number of aliphatic carboxylic acids is 1. The van der Waals surface area contributed by atoms with Crippen molar-refractivity contribution in [3.8, 4) is 11.5 Å². The molecule has 94 valence electrons. The Morgan fingerprint density at radius 1 is 1.35 bits per heavy atom. The summed E-state index contributed by atoms with van der Waals surface area (Å²) in [4.78, 5) is 10.4. The number of aromatic hydroxyl groups is 1.